The number of piperidine rings is 1. The maximum Gasteiger partial charge on any atom is 0.274 e. The summed E-state index contributed by atoms with van der Waals surface area (Å²) in [5.41, 5.74) is 0.959. The van der Waals surface area contributed by atoms with E-state index in [1.165, 1.54) is 6.20 Å². The first kappa shape index (κ1) is 21.7. The van der Waals surface area contributed by atoms with Crippen molar-refractivity contribution in [2.75, 3.05) is 37.8 Å². The maximum atomic E-state index is 13.3. The number of anilines is 3. The number of nitrogens with zero attached hydrogens (tertiary/aromatic N) is 5. The van der Waals surface area contributed by atoms with Gasteiger partial charge in [0.05, 0.1) is 11.2 Å². The van der Waals surface area contributed by atoms with Crippen LogP contribution in [0.4, 0.5) is 17.3 Å². The van der Waals surface area contributed by atoms with Crippen LogP contribution in [0.5, 0.6) is 0 Å². The molecule has 1 unspecified atom stereocenters. The molecule has 1 aliphatic heterocycles. The van der Waals surface area contributed by atoms with Crippen molar-refractivity contribution in [3.05, 3.63) is 45.5 Å². The van der Waals surface area contributed by atoms with Crippen molar-refractivity contribution in [2.45, 2.75) is 37.8 Å². The molecule has 0 bridgehead atoms. The third-order valence-corrected chi connectivity index (χ3v) is 6.36. The molecule has 1 amide bonds. The number of aromatic nitrogens is 4. The summed E-state index contributed by atoms with van der Waals surface area (Å²) in [6, 6.07) is 3.63. The number of pyridine rings is 1. The van der Waals surface area contributed by atoms with E-state index in [1.54, 1.807) is 34.5 Å². The molecular weight excluding hydrogens is 444 g/mol. The van der Waals surface area contributed by atoms with Crippen LogP contribution < -0.4 is 21.5 Å². The Morgan fingerprint density at radius 2 is 2.06 bits per heavy atom. The third-order valence-electron chi connectivity index (χ3n) is 6.15. The van der Waals surface area contributed by atoms with Gasteiger partial charge in [-0.25, -0.2) is 4.98 Å². The van der Waals surface area contributed by atoms with Gasteiger partial charge in [-0.15, -0.1) is 0 Å². The second-order valence-electron chi connectivity index (χ2n) is 8.79. The van der Waals surface area contributed by atoms with Crippen LogP contribution in [0.2, 0.25) is 5.02 Å². The molecule has 1 atom stereocenters. The molecule has 5 rings (SSSR count). The second-order valence-corrected chi connectivity index (χ2v) is 9.22. The number of likely N-dealkylation sites (N-methyl/N-ethyl adjacent to an activating group) is 1. The van der Waals surface area contributed by atoms with Crippen LogP contribution in [0.15, 0.2) is 29.3 Å². The molecule has 1 saturated heterocycles. The highest BCUT2D eigenvalue weighted by atomic mass is 35.5. The SMILES string of the molecule is CNc1cc(Nc2cc(Cl)cn(C3CCCN(C)C3)c2=O)nc2c(C(=O)NC3CC3)cnn12. The molecule has 2 fully saturated rings. The number of hydrogen-bond acceptors (Lipinski definition) is 7. The van der Waals surface area contributed by atoms with E-state index in [0.717, 1.165) is 38.8 Å². The topological polar surface area (TPSA) is 109 Å². The molecule has 4 heterocycles. The number of hydrogen-bond donors (Lipinski definition) is 3. The number of carbonyl (C=O) groups excluding carboxylic acids is 1. The van der Waals surface area contributed by atoms with E-state index in [-0.39, 0.29) is 23.6 Å². The molecule has 0 spiro atoms. The van der Waals surface area contributed by atoms with Gasteiger partial charge in [0.25, 0.3) is 11.5 Å². The van der Waals surface area contributed by atoms with E-state index in [2.05, 4.69) is 38.0 Å². The Labute approximate surface area is 195 Å². The van der Waals surface area contributed by atoms with Crippen molar-refractivity contribution in [3.8, 4) is 0 Å². The second kappa shape index (κ2) is 8.68. The lowest BCUT2D eigenvalue weighted by molar-refractivity contribution is 0.0952. The van der Waals surface area contributed by atoms with Crippen molar-refractivity contribution >= 4 is 40.5 Å². The smallest absolute Gasteiger partial charge is 0.274 e. The zero-order valence-electron chi connectivity index (χ0n) is 18.6. The average molecular weight is 471 g/mol. The van der Waals surface area contributed by atoms with E-state index < -0.39 is 0 Å². The van der Waals surface area contributed by atoms with Crippen LogP contribution in [0, 0.1) is 0 Å². The summed E-state index contributed by atoms with van der Waals surface area (Å²) in [5.74, 6) is 0.842. The highest BCUT2D eigenvalue weighted by Gasteiger charge is 2.26. The summed E-state index contributed by atoms with van der Waals surface area (Å²) in [6.07, 6.45) is 7.14. The molecule has 1 saturated carbocycles. The molecule has 174 valence electrons. The van der Waals surface area contributed by atoms with Gasteiger partial charge in [0.15, 0.2) is 5.65 Å². The van der Waals surface area contributed by atoms with Gasteiger partial charge in [-0.2, -0.15) is 9.61 Å². The minimum atomic E-state index is -0.203. The van der Waals surface area contributed by atoms with Crippen LogP contribution in [-0.4, -0.2) is 63.2 Å². The fourth-order valence-corrected chi connectivity index (χ4v) is 4.50. The molecule has 3 aromatic heterocycles. The molecule has 33 heavy (non-hydrogen) atoms. The van der Waals surface area contributed by atoms with Gasteiger partial charge in [-0.05, 0) is 45.3 Å². The number of nitrogens with one attached hydrogen (secondary N) is 3. The lowest BCUT2D eigenvalue weighted by atomic mass is 10.1. The van der Waals surface area contributed by atoms with E-state index in [0.29, 0.717) is 33.6 Å². The summed E-state index contributed by atoms with van der Waals surface area (Å²) in [6.45, 7) is 1.82. The van der Waals surface area contributed by atoms with Crippen molar-refractivity contribution in [2.24, 2.45) is 0 Å². The third kappa shape index (κ3) is 4.40. The van der Waals surface area contributed by atoms with Crippen molar-refractivity contribution in [1.82, 2.24) is 29.4 Å². The minimum absolute atomic E-state index is 0.0614. The highest BCUT2D eigenvalue weighted by Crippen LogP contribution is 2.25. The summed E-state index contributed by atoms with van der Waals surface area (Å²) in [4.78, 5) is 32.8. The highest BCUT2D eigenvalue weighted by molar-refractivity contribution is 6.30. The molecule has 3 aromatic rings. The van der Waals surface area contributed by atoms with Crippen molar-refractivity contribution in [3.63, 3.8) is 0 Å². The van der Waals surface area contributed by atoms with Gasteiger partial charge in [-0.3, -0.25) is 9.59 Å². The van der Waals surface area contributed by atoms with Crippen LogP contribution >= 0.6 is 11.6 Å². The molecule has 2 aliphatic rings. The molecular formula is C22H27ClN8O2. The normalized spacial score (nSPS) is 18.9. The van der Waals surface area contributed by atoms with Gasteiger partial charge in [0.2, 0.25) is 0 Å². The van der Waals surface area contributed by atoms with Crippen LogP contribution in [0.1, 0.15) is 42.1 Å². The minimum Gasteiger partial charge on any atom is -0.373 e. The Bertz CT molecular complexity index is 1270. The predicted molar refractivity (Wildman–Crippen MR) is 128 cm³/mol. The molecule has 0 radical (unpaired) electrons. The molecule has 11 heteroatoms. The summed E-state index contributed by atoms with van der Waals surface area (Å²) < 4.78 is 3.28. The van der Waals surface area contributed by atoms with E-state index in [9.17, 15) is 9.59 Å². The average Bonchev–Trinajstić information content (AvgIpc) is 3.50. The van der Waals surface area contributed by atoms with Gasteiger partial charge in [0.1, 0.15) is 22.9 Å². The van der Waals surface area contributed by atoms with Gasteiger partial charge in [-0.1, -0.05) is 11.6 Å². The zero-order valence-corrected chi connectivity index (χ0v) is 19.4. The van der Waals surface area contributed by atoms with Gasteiger partial charge < -0.3 is 25.4 Å². The number of amides is 1. The van der Waals surface area contributed by atoms with E-state index in [1.807, 2.05) is 0 Å². The standard InChI is InChI=1S/C22H27ClN8O2/c1-24-19-9-18(28-20-16(10-25-31(19)20)21(32)26-14-5-6-14)27-17-8-13(23)11-30(22(17)33)15-4-3-7-29(2)12-15/h8-11,14-15,24H,3-7,12H2,1-2H3,(H,26,32)(H,27,28). The maximum absolute atomic E-state index is 13.3. The summed E-state index contributed by atoms with van der Waals surface area (Å²) in [7, 11) is 3.82. The number of likely N-dealkylation sites (tertiary alicyclic amines) is 1. The van der Waals surface area contributed by atoms with Crippen molar-refractivity contribution in [1.29, 1.82) is 0 Å². The molecule has 3 N–H and O–H groups in total. The first-order valence-corrected chi connectivity index (χ1v) is 11.6. The van der Waals surface area contributed by atoms with Crippen LogP contribution in [-0.2, 0) is 0 Å². The Morgan fingerprint density at radius 3 is 2.79 bits per heavy atom. The molecule has 10 nitrogen and oxygen atoms in total. The Balaban J connectivity index is 1.51. The fourth-order valence-electron chi connectivity index (χ4n) is 4.29. The van der Waals surface area contributed by atoms with Crippen LogP contribution in [0.25, 0.3) is 5.65 Å². The zero-order chi connectivity index (χ0) is 23.1. The fraction of sp³-hybridized carbons (Fsp3) is 0.455. The lowest BCUT2D eigenvalue weighted by Crippen LogP contribution is -2.38. The van der Waals surface area contributed by atoms with Gasteiger partial charge >= 0.3 is 0 Å². The van der Waals surface area contributed by atoms with E-state index >= 15 is 0 Å². The number of rotatable bonds is 6. The summed E-state index contributed by atoms with van der Waals surface area (Å²) >= 11 is 6.39. The van der Waals surface area contributed by atoms with Crippen LogP contribution in [0.3, 0.4) is 0 Å². The predicted octanol–water partition coefficient (Wildman–Crippen LogP) is 2.49. The monoisotopic (exact) mass is 470 g/mol. The molecule has 1 aliphatic carbocycles. The first-order valence-electron chi connectivity index (χ1n) is 11.2. The number of halogens is 1. The Hall–Kier alpha value is -3.11. The summed E-state index contributed by atoms with van der Waals surface area (Å²) in [5, 5.41) is 13.9. The Kier molecular flexibility index (Phi) is 5.71. The largest absolute Gasteiger partial charge is 0.373 e. The quantitative estimate of drug-likeness (QED) is 0.507. The Morgan fingerprint density at radius 1 is 1.24 bits per heavy atom. The number of fused-ring (bicyclic) bond motifs is 1. The molecule has 0 aromatic carbocycles. The van der Waals surface area contributed by atoms with Crippen molar-refractivity contribution < 1.29 is 4.79 Å². The van der Waals surface area contributed by atoms with E-state index in [4.69, 9.17) is 11.6 Å². The van der Waals surface area contributed by atoms with Gasteiger partial charge in [0, 0.05) is 37.9 Å². The first-order chi connectivity index (χ1) is 15.9. The number of carbonyl (C=O) groups is 1. The lowest BCUT2D eigenvalue weighted by Gasteiger charge is -2.31.